The van der Waals surface area contributed by atoms with Gasteiger partial charge in [0.15, 0.2) is 0 Å². The molecule has 0 bridgehead atoms. The molecule has 2 aromatic rings. The fourth-order valence-corrected chi connectivity index (χ4v) is 2.78. The lowest BCUT2D eigenvalue weighted by Crippen LogP contribution is -2.24. The predicted molar refractivity (Wildman–Crippen MR) is 76.2 cm³/mol. The maximum Gasteiger partial charge on any atom is 0.354 e. The van der Waals surface area contributed by atoms with Crippen LogP contribution >= 0.6 is 0 Å². The second-order valence-electron chi connectivity index (χ2n) is 5.02. The average Bonchev–Trinajstić information content (AvgIpc) is 3.08. The van der Waals surface area contributed by atoms with Crippen molar-refractivity contribution in [1.29, 1.82) is 0 Å². The zero-order valence-electron chi connectivity index (χ0n) is 11.7. The molecule has 2 heterocycles. The van der Waals surface area contributed by atoms with Gasteiger partial charge in [0.05, 0.1) is 12.6 Å². The topological polar surface area (TPSA) is 77.3 Å². The smallest absolute Gasteiger partial charge is 0.354 e. The van der Waals surface area contributed by atoms with Crippen molar-refractivity contribution in [2.45, 2.75) is 25.9 Å². The second-order valence-corrected chi connectivity index (χ2v) is 5.02. The van der Waals surface area contributed by atoms with Gasteiger partial charge in [-0.1, -0.05) is 6.92 Å². The summed E-state index contributed by atoms with van der Waals surface area (Å²) in [5, 5.41) is 0.940. The van der Waals surface area contributed by atoms with Crippen LogP contribution in [-0.2, 0) is 17.6 Å². The Kier molecular flexibility index (Phi) is 3.14. The van der Waals surface area contributed by atoms with E-state index in [4.69, 9.17) is 15.2 Å². The highest BCUT2D eigenvalue weighted by atomic mass is 16.5. The number of aromatic amines is 1. The molecule has 5 heteroatoms. The third-order valence-corrected chi connectivity index (χ3v) is 3.80. The van der Waals surface area contributed by atoms with Crippen LogP contribution in [-0.4, -0.2) is 30.7 Å². The van der Waals surface area contributed by atoms with E-state index in [-0.39, 0.29) is 12.1 Å². The van der Waals surface area contributed by atoms with E-state index in [2.05, 4.69) is 18.0 Å². The Labute approximate surface area is 117 Å². The van der Waals surface area contributed by atoms with E-state index in [1.165, 1.54) is 18.2 Å². The molecule has 1 aromatic carbocycles. The SMILES string of the molecule is CCc1cc2c(c3cc(C(=O)OC)[nH]c13)OC(CN)C2. The van der Waals surface area contributed by atoms with Gasteiger partial charge in [0, 0.05) is 18.4 Å². The number of nitrogens with two attached hydrogens (primary N) is 1. The van der Waals surface area contributed by atoms with Crippen molar-refractivity contribution in [2.75, 3.05) is 13.7 Å². The fraction of sp³-hybridized carbons (Fsp3) is 0.400. The highest BCUT2D eigenvalue weighted by Gasteiger charge is 2.26. The first-order valence-electron chi connectivity index (χ1n) is 6.80. The van der Waals surface area contributed by atoms with Crippen LogP contribution in [0.2, 0.25) is 0 Å². The Balaban J connectivity index is 2.20. The molecule has 106 valence electrons. The van der Waals surface area contributed by atoms with Crippen molar-refractivity contribution < 1.29 is 14.3 Å². The highest BCUT2D eigenvalue weighted by Crippen LogP contribution is 2.38. The van der Waals surface area contributed by atoms with Crippen LogP contribution in [0.5, 0.6) is 5.75 Å². The quantitative estimate of drug-likeness (QED) is 0.836. The van der Waals surface area contributed by atoms with E-state index in [0.717, 1.165) is 29.5 Å². The number of fused-ring (bicyclic) bond motifs is 3. The number of carbonyl (C=O) groups is 1. The Morgan fingerprint density at radius 1 is 1.55 bits per heavy atom. The highest BCUT2D eigenvalue weighted by molar-refractivity contribution is 5.99. The molecule has 0 saturated carbocycles. The lowest BCUT2D eigenvalue weighted by atomic mass is 10.0. The lowest BCUT2D eigenvalue weighted by molar-refractivity contribution is 0.0595. The second kappa shape index (κ2) is 4.83. The number of rotatable bonds is 3. The summed E-state index contributed by atoms with van der Waals surface area (Å²) in [5.74, 6) is 0.476. The maximum atomic E-state index is 11.7. The number of ether oxygens (including phenoxy) is 2. The van der Waals surface area contributed by atoms with Crippen molar-refractivity contribution in [3.05, 3.63) is 29.0 Å². The van der Waals surface area contributed by atoms with Gasteiger partial charge >= 0.3 is 5.97 Å². The number of H-pyrrole nitrogens is 1. The molecule has 1 aliphatic heterocycles. The molecule has 0 radical (unpaired) electrons. The normalized spacial score (nSPS) is 17.1. The molecule has 20 heavy (non-hydrogen) atoms. The summed E-state index contributed by atoms with van der Waals surface area (Å²) < 4.78 is 10.7. The zero-order valence-corrected chi connectivity index (χ0v) is 11.7. The summed E-state index contributed by atoms with van der Waals surface area (Å²) in [5.41, 5.74) is 9.44. The van der Waals surface area contributed by atoms with Crippen LogP contribution in [0.3, 0.4) is 0 Å². The Bertz CT molecular complexity index is 675. The van der Waals surface area contributed by atoms with E-state index < -0.39 is 0 Å². The molecule has 1 atom stereocenters. The maximum absolute atomic E-state index is 11.7. The molecule has 1 aliphatic rings. The molecule has 0 fully saturated rings. The van der Waals surface area contributed by atoms with Crippen LogP contribution in [0.4, 0.5) is 0 Å². The van der Waals surface area contributed by atoms with Crippen molar-refractivity contribution in [3.8, 4) is 5.75 Å². The molecule has 1 unspecified atom stereocenters. The zero-order chi connectivity index (χ0) is 14.3. The van der Waals surface area contributed by atoms with Gasteiger partial charge in [-0.15, -0.1) is 0 Å². The summed E-state index contributed by atoms with van der Waals surface area (Å²) >= 11 is 0. The summed E-state index contributed by atoms with van der Waals surface area (Å²) in [6.45, 7) is 2.59. The number of nitrogens with one attached hydrogen (secondary N) is 1. The van der Waals surface area contributed by atoms with Gasteiger partial charge in [0.1, 0.15) is 17.5 Å². The molecule has 0 aliphatic carbocycles. The molecule has 0 spiro atoms. The van der Waals surface area contributed by atoms with Crippen LogP contribution in [0.25, 0.3) is 10.9 Å². The first kappa shape index (κ1) is 13.0. The van der Waals surface area contributed by atoms with Gasteiger partial charge in [0.2, 0.25) is 0 Å². The monoisotopic (exact) mass is 274 g/mol. The van der Waals surface area contributed by atoms with Gasteiger partial charge in [-0.05, 0) is 29.7 Å². The Morgan fingerprint density at radius 2 is 2.35 bits per heavy atom. The number of benzene rings is 1. The van der Waals surface area contributed by atoms with Crippen LogP contribution < -0.4 is 10.5 Å². The van der Waals surface area contributed by atoms with E-state index in [9.17, 15) is 4.79 Å². The molecule has 5 nitrogen and oxygen atoms in total. The first-order valence-corrected chi connectivity index (χ1v) is 6.80. The average molecular weight is 274 g/mol. The van der Waals surface area contributed by atoms with Gasteiger partial charge in [0.25, 0.3) is 0 Å². The van der Waals surface area contributed by atoms with Crippen molar-refractivity contribution in [3.63, 3.8) is 0 Å². The van der Waals surface area contributed by atoms with Gasteiger partial charge in [-0.2, -0.15) is 0 Å². The Morgan fingerprint density at radius 3 is 3.00 bits per heavy atom. The number of methoxy groups -OCH3 is 1. The molecule has 0 saturated heterocycles. The number of esters is 1. The third-order valence-electron chi connectivity index (χ3n) is 3.80. The lowest BCUT2D eigenvalue weighted by Gasteiger charge is -2.07. The van der Waals surface area contributed by atoms with Gasteiger partial charge < -0.3 is 20.2 Å². The van der Waals surface area contributed by atoms with E-state index in [0.29, 0.717) is 12.2 Å². The minimum Gasteiger partial charge on any atom is -0.488 e. The van der Waals surface area contributed by atoms with Crippen molar-refractivity contribution >= 4 is 16.9 Å². The molecular weight excluding hydrogens is 256 g/mol. The molecule has 3 rings (SSSR count). The molecule has 1 aromatic heterocycles. The predicted octanol–water partition coefficient (Wildman–Crippen LogP) is 1.78. The summed E-state index contributed by atoms with van der Waals surface area (Å²) in [6, 6.07) is 3.95. The van der Waals surface area contributed by atoms with E-state index >= 15 is 0 Å². The van der Waals surface area contributed by atoms with Crippen LogP contribution in [0, 0.1) is 0 Å². The third kappa shape index (κ3) is 1.86. The van der Waals surface area contributed by atoms with Gasteiger partial charge in [-0.3, -0.25) is 0 Å². The van der Waals surface area contributed by atoms with Crippen LogP contribution in [0.15, 0.2) is 12.1 Å². The van der Waals surface area contributed by atoms with E-state index in [1.807, 2.05) is 0 Å². The minimum absolute atomic E-state index is 0.0248. The fourth-order valence-electron chi connectivity index (χ4n) is 2.78. The Hall–Kier alpha value is -2.01. The molecule has 0 amide bonds. The molecular formula is C15H18N2O3. The van der Waals surface area contributed by atoms with E-state index in [1.54, 1.807) is 6.07 Å². The summed E-state index contributed by atoms with van der Waals surface area (Å²) in [7, 11) is 1.37. The summed E-state index contributed by atoms with van der Waals surface area (Å²) in [6.07, 6.45) is 1.74. The number of aryl methyl sites for hydroxylation is 1. The summed E-state index contributed by atoms with van der Waals surface area (Å²) in [4.78, 5) is 14.8. The van der Waals surface area contributed by atoms with Crippen molar-refractivity contribution in [2.24, 2.45) is 5.73 Å². The first-order chi connectivity index (χ1) is 9.67. The number of hydrogen-bond donors (Lipinski definition) is 2. The largest absolute Gasteiger partial charge is 0.488 e. The van der Waals surface area contributed by atoms with Crippen molar-refractivity contribution in [1.82, 2.24) is 4.98 Å². The molecule has 3 N–H and O–H groups in total. The number of carbonyl (C=O) groups excluding carboxylic acids is 1. The van der Waals surface area contributed by atoms with Gasteiger partial charge in [-0.25, -0.2) is 4.79 Å². The van der Waals surface area contributed by atoms with Crippen LogP contribution in [0.1, 0.15) is 28.5 Å². The minimum atomic E-state index is -0.370. The standard InChI is InChI=1S/C15H18N2O3/c1-3-8-4-9-5-10(7-16)20-14(9)11-6-12(15(18)19-2)17-13(8)11/h4,6,10,17H,3,5,7,16H2,1-2H3. The number of aromatic nitrogens is 1. The number of hydrogen-bond acceptors (Lipinski definition) is 4.